The Morgan fingerprint density at radius 1 is 1.19 bits per heavy atom. The van der Waals surface area contributed by atoms with E-state index >= 15 is 0 Å². The third-order valence-electron chi connectivity index (χ3n) is 5.46. The highest BCUT2D eigenvalue weighted by molar-refractivity contribution is 7.91. The molecule has 0 aromatic rings. The lowest BCUT2D eigenvalue weighted by molar-refractivity contribution is 0.0852. The molecule has 1 saturated carbocycles. The molecule has 0 aromatic carbocycles. The third kappa shape index (κ3) is 5.24. The number of nitrogens with one attached hydrogen (secondary N) is 1. The number of rotatable bonds is 6. The standard InChI is InChI=1S/C17H35NO2S/c1-14(2)21(19,20)12-11-17(13-18-6)9-7-15(8-10-17)16(3,4)5/h14-15,18H,7-13H2,1-6H3. The van der Waals surface area contributed by atoms with Gasteiger partial charge in [0.25, 0.3) is 0 Å². The first-order chi connectivity index (χ1) is 9.52. The minimum absolute atomic E-state index is 0.179. The van der Waals surface area contributed by atoms with Crippen molar-refractivity contribution >= 4 is 9.84 Å². The van der Waals surface area contributed by atoms with Crippen LogP contribution in [0.25, 0.3) is 0 Å². The van der Waals surface area contributed by atoms with Gasteiger partial charge in [0.1, 0.15) is 0 Å². The number of hydrogen-bond acceptors (Lipinski definition) is 3. The van der Waals surface area contributed by atoms with E-state index in [2.05, 4.69) is 26.1 Å². The van der Waals surface area contributed by atoms with E-state index in [-0.39, 0.29) is 10.7 Å². The van der Waals surface area contributed by atoms with Crippen LogP contribution in [0.2, 0.25) is 0 Å². The monoisotopic (exact) mass is 317 g/mol. The third-order valence-corrected chi connectivity index (χ3v) is 7.67. The van der Waals surface area contributed by atoms with Gasteiger partial charge in [-0.15, -0.1) is 0 Å². The Bertz CT molecular complexity index is 413. The molecular formula is C17H35NO2S. The fraction of sp³-hybridized carbons (Fsp3) is 1.00. The molecule has 3 nitrogen and oxygen atoms in total. The van der Waals surface area contributed by atoms with Crippen LogP contribution in [0.3, 0.4) is 0 Å². The van der Waals surface area contributed by atoms with Crippen LogP contribution in [0.5, 0.6) is 0 Å². The van der Waals surface area contributed by atoms with E-state index in [1.807, 2.05) is 7.05 Å². The Morgan fingerprint density at radius 3 is 2.10 bits per heavy atom. The molecule has 126 valence electrons. The second-order valence-corrected chi connectivity index (χ2v) is 11.0. The Labute approximate surface area is 132 Å². The Hall–Kier alpha value is -0.0900. The summed E-state index contributed by atoms with van der Waals surface area (Å²) in [7, 11) is -0.943. The van der Waals surface area contributed by atoms with Gasteiger partial charge < -0.3 is 5.32 Å². The predicted octanol–water partition coefficient (Wildman–Crippen LogP) is 3.64. The first kappa shape index (κ1) is 19.0. The largest absolute Gasteiger partial charge is 0.319 e. The van der Waals surface area contributed by atoms with Crippen LogP contribution in [0.4, 0.5) is 0 Å². The van der Waals surface area contributed by atoms with Gasteiger partial charge in [-0.2, -0.15) is 0 Å². The van der Waals surface area contributed by atoms with Crippen LogP contribution < -0.4 is 5.32 Å². The lowest BCUT2D eigenvalue weighted by Crippen LogP contribution is -2.40. The quantitative estimate of drug-likeness (QED) is 0.813. The van der Waals surface area contributed by atoms with Gasteiger partial charge in [-0.3, -0.25) is 0 Å². The van der Waals surface area contributed by atoms with Gasteiger partial charge in [0.15, 0.2) is 9.84 Å². The zero-order chi connectivity index (χ0) is 16.3. The van der Waals surface area contributed by atoms with E-state index in [1.165, 1.54) is 12.8 Å². The van der Waals surface area contributed by atoms with Crippen LogP contribution in [0.1, 0.15) is 66.7 Å². The first-order valence-electron chi connectivity index (χ1n) is 8.39. The number of sulfone groups is 1. The molecule has 1 fully saturated rings. The highest BCUT2D eigenvalue weighted by Crippen LogP contribution is 2.46. The first-order valence-corrected chi connectivity index (χ1v) is 10.1. The van der Waals surface area contributed by atoms with Crippen molar-refractivity contribution < 1.29 is 8.42 Å². The zero-order valence-corrected chi connectivity index (χ0v) is 15.6. The zero-order valence-electron chi connectivity index (χ0n) is 14.8. The Balaban J connectivity index is 2.70. The molecule has 0 heterocycles. The SMILES string of the molecule is CNCC1(CCS(=O)(=O)C(C)C)CCC(C(C)(C)C)CC1. The van der Waals surface area contributed by atoms with Crippen molar-refractivity contribution in [2.24, 2.45) is 16.7 Å². The molecular weight excluding hydrogens is 282 g/mol. The van der Waals surface area contributed by atoms with Crippen LogP contribution in [-0.2, 0) is 9.84 Å². The molecule has 0 spiro atoms. The second-order valence-electron chi connectivity index (χ2n) is 8.34. The van der Waals surface area contributed by atoms with Gasteiger partial charge >= 0.3 is 0 Å². The van der Waals surface area contributed by atoms with Crippen molar-refractivity contribution in [3.63, 3.8) is 0 Å². The molecule has 0 aliphatic heterocycles. The Kier molecular flexibility index (Phi) is 6.31. The second kappa shape index (κ2) is 6.99. The van der Waals surface area contributed by atoms with Crippen molar-refractivity contribution in [2.45, 2.75) is 72.0 Å². The molecule has 4 heteroatoms. The van der Waals surface area contributed by atoms with Crippen molar-refractivity contribution in [1.29, 1.82) is 0 Å². The van der Waals surface area contributed by atoms with E-state index in [1.54, 1.807) is 13.8 Å². The summed E-state index contributed by atoms with van der Waals surface area (Å²) in [6, 6.07) is 0. The van der Waals surface area contributed by atoms with Gasteiger partial charge in [-0.05, 0) is 69.7 Å². The molecule has 0 amide bonds. The van der Waals surface area contributed by atoms with Gasteiger partial charge in [0, 0.05) is 6.54 Å². The van der Waals surface area contributed by atoms with Crippen molar-refractivity contribution in [2.75, 3.05) is 19.3 Å². The smallest absolute Gasteiger partial charge is 0.152 e. The number of hydrogen-bond donors (Lipinski definition) is 1. The summed E-state index contributed by atoms with van der Waals surface area (Å²) in [4.78, 5) is 0. The van der Waals surface area contributed by atoms with Crippen LogP contribution in [-0.4, -0.2) is 33.0 Å². The average Bonchev–Trinajstić information content (AvgIpc) is 2.36. The summed E-state index contributed by atoms with van der Waals surface area (Å²) < 4.78 is 24.2. The molecule has 0 bridgehead atoms. The van der Waals surface area contributed by atoms with Crippen LogP contribution in [0.15, 0.2) is 0 Å². The minimum atomic E-state index is -2.92. The van der Waals surface area contributed by atoms with Crippen molar-refractivity contribution in [3.8, 4) is 0 Å². The highest BCUT2D eigenvalue weighted by Gasteiger charge is 2.39. The minimum Gasteiger partial charge on any atom is -0.319 e. The van der Waals surface area contributed by atoms with Crippen molar-refractivity contribution in [1.82, 2.24) is 5.32 Å². The lowest BCUT2D eigenvalue weighted by Gasteiger charge is -2.44. The normalized spacial score (nSPS) is 28.0. The molecule has 0 unspecified atom stereocenters. The summed E-state index contributed by atoms with van der Waals surface area (Å²) >= 11 is 0. The van der Waals surface area contributed by atoms with Crippen molar-refractivity contribution in [3.05, 3.63) is 0 Å². The average molecular weight is 318 g/mol. The molecule has 1 aliphatic rings. The maximum absolute atomic E-state index is 12.1. The molecule has 1 aliphatic carbocycles. The highest BCUT2D eigenvalue weighted by atomic mass is 32.2. The maximum Gasteiger partial charge on any atom is 0.152 e. The molecule has 0 atom stereocenters. The maximum atomic E-state index is 12.1. The molecule has 1 N–H and O–H groups in total. The van der Waals surface area contributed by atoms with Gasteiger partial charge in [0.05, 0.1) is 11.0 Å². The molecule has 0 radical (unpaired) electrons. The fourth-order valence-corrected chi connectivity index (χ4v) is 4.77. The van der Waals surface area contributed by atoms with Gasteiger partial charge in [0.2, 0.25) is 0 Å². The van der Waals surface area contributed by atoms with E-state index in [0.717, 1.165) is 31.7 Å². The van der Waals surface area contributed by atoms with Crippen LogP contribution >= 0.6 is 0 Å². The topological polar surface area (TPSA) is 46.2 Å². The summed E-state index contributed by atoms with van der Waals surface area (Å²) in [6.45, 7) is 11.5. The summed E-state index contributed by atoms with van der Waals surface area (Å²) in [6.07, 6.45) is 5.58. The fourth-order valence-electron chi connectivity index (χ4n) is 3.58. The van der Waals surface area contributed by atoms with Gasteiger partial charge in [-0.1, -0.05) is 20.8 Å². The molecule has 0 aromatic heterocycles. The summed E-state index contributed by atoms with van der Waals surface area (Å²) in [5.41, 5.74) is 0.550. The van der Waals surface area contributed by atoms with Gasteiger partial charge in [-0.25, -0.2) is 8.42 Å². The van der Waals surface area contributed by atoms with E-state index in [9.17, 15) is 8.42 Å². The van der Waals surface area contributed by atoms with E-state index < -0.39 is 9.84 Å². The molecule has 1 rings (SSSR count). The summed E-state index contributed by atoms with van der Waals surface area (Å²) in [5, 5.41) is 3.05. The summed E-state index contributed by atoms with van der Waals surface area (Å²) in [5.74, 6) is 1.11. The van der Waals surface area contributed by atoms with E-state index in [4.69, 9.17) is 0 Å². The Morgan fingerprint density at radius 2 is 1.71 bits per heavy atom. The van der Waals surface area contributed by atoms with E-state index in [0.29, 0.717) is 11.2 Å². The lowest BCUT2D eigenvalue weighted by atomic mass is 9.63. The predicted molar refractivity (Wildman–Crippen MR) is 91.3 cm³/mol. The molecule has 21 heavy (non-hydrogen) atoms. The molecule has 0 saturated heterocycles. The van der Waals surface area contributed by atoms with Crippen LogP contribution in [0, 0.1) is 16.7 Å².